The van der Waals surface area contributed by atoms with Crippen LogP contribution in [0, 0.1) is 0 Å². The summed E-state index contributed by atoms with van der Waals surface area (Å²) in [6, 6.07) is 15.7. The van der Waals surface area contributed by atoms with E-state index in [1.54, 1.807) is 23.0 Å². The third-order valence-corrected chi connectivity index (χ3v) is 5.98. The summed E-state index contributed by atoms with van der Waals surface area (Å²) >= 11 is 1.51. The molecule has 164 valence electrons. The van der Waals surface area contributed by atoms with Crippen LogP contribution in [-0.4, -0.2) is 38.7 Å². The lowest BCUT2D eigenvalue weighted by atomic mass is 10.0. The van der Waals surface area contributed by atoms with Gasteiger partial charge in [-0.25, -0.2) is 9.98 Å². The molecule has 1 aromatic heterocycles. The number of carbonyl (C=O) groups is 1. The van der Waals surface area contributed by atoms with E-state index in [1.165, 1.54) is 23.7 Å². The second-order valence-corrected chi connectivity index (χ2v) is 8.66. The van der Waals surface area contributed by atoms with Crippen LogP contribution in [-0.2, 0) is 11.3 Å². The van der Waals surface area contributed by atoms with Gasteiger partial charge in [-0.05, 0) is 35.3 Å². The summed E-state index contributed by atoms with van der Waals surface area (Å²) in [7, 11) is 1.61. The van der Waals surface area contributed by atoms with Crippen molar-refractivity contribution in [2.45, 2.75) is 26.3 Å². The van der Waals surface area contributed by atoms with Crippen LogP contribution in [0.2, 0.25) is 0 Å². The molecule has 2 heterocycles. The van der Waals surface area contributed by atoms with Crippen molar-refractivity contribution < 1.29 is 9.53 Å². The standard InChI is InChI=1S/C24H25N5O2S/c1-17(2)19-9-7-18(8-10-19)13-22-23(30)29(20-5-4-6-21(14-20)31-3)24(27-22)32-12-11-28-16-25-15-26-28/h4-10,13-17H,11-12H2,1-3H3/b22-13-. The van der Waals surface area contributed by atoms with Gasteiger partial charge in [0.2, 0.25) is 0 Å². The van der Waals surface area contributed by atoms with E-state index in [4.69, 9.17) is 4.74 Å². The summed E-state index contributed by atoms with van der Waals surface area (Å²) in [5.41, 5.74) is 3.34. The Morgan fingerprint density at radius 3 is 2.66 bits per heavy atom. The molecular formula is C24H25N5O2S. The maximum atomic E-state index is 13.3. The van der Waals surface area contributed by atoms with Gasteiger partial charge < -0.3 is 4.74 Å². The molecule has 0 spiro atoms. The van der Waals surface area contributed by atoms with Crippen LogP contribution in [0.3, 0.4) is 0 Å². The molecule has 0 saturated carbocycles. The van der Waals surface area contributed by atoms with Crippen LogP contribution in [0.4, 0.5) is 5.69 Å². The fraction of sp³-hybridized carbons (Fsp3) is 0.250. The molecule has 4 rings (SSSR count). The van der Waals surface area contributed by atoms with Gasteiger partial charge in [-0.15, -0.1) is 0 Å². The lowest BCUT2D eigenvalue weighted by Crippen LogP contribution is -2.30. The highest BCUT2D eigenvalue weighted by atomic mass is 32.2. The molecule has 0 saturated heterocycles. The molecule has 0 radical (unpaired) electrons. The van der Waals surface area contributed by atoms with E-state index in [0.717, 1.165) is 11.3 Å². The summed E-state index contributed by atoms with van der Waals surface area (Å²) in [6.45, 7) is 4.99. The molecule has 0 unspecified atom stereocenters. The fourth-order valence-electron chi connectivity index (χ4n) is 3.28. The number of amides is 1. The summed E-state index contributed by atoms with van der Waals surface area (Å²) in [5.74, 6) is 1.68. The van der Waals surface area contributed by atoms with E-state index in [-0.39, 0.29) is 5.91 Å². The van der Waals surface area contributed by atoms with Crippen LogP contribution in [0.1, 0.15) is 30.9 Å². The molecule has 2 aromatic carbocycles. The molecule has 1 aliphatic heterocycles. The molecule has 0 atom stereocenters. The highest BCUT2D eigenvalue weighted by Gasteiger charge is 2.32. The monoisotopic (exact) mass is 447 g/mol. The topological polar surface area (TPSA) is 72.6 Å². The van der Waals surface area contributed by atoms with E-state index in [9.17, 15) is 4.79 Å². The van der Waals surface area contributed by atoms with Crippen LogP contribution in [0.15, 0.2) is 71.9 Å². The Morgan fingerprint density at radius 2 is 1.97 bits per heavy atom. The van der Waals surface area contributed by atoms with Gasteiger partial charge in [0.25, 0.3) is 5.91 Å². The van der Waals surface area contributed by atoms with Gasteiger partial charge in [-0.3, -0.25) is 14.4 Å². The van der Waals surface area contributed by atoms with Crippen molar-refractivity contribution in [3.05, 3.63) is 78.0 Å². The van der Waals surface area contributed by atoms with Gasteiger partial charge in [0.15, 0.2) is 5.17 Å². The summed E-state index contributed by atoms with van der Waals surface area (Å²) in [5, 5.41) is 4.76. The first-order valence-corrected chi connectivity index (χ1v) is 11.4. The van der Waals surface area contributed by atoms with Gasteiger partial charge in [-0.1, -0.05) is 55.9 Å². The largest absolute Gasteiger partial charge is 0.497 e. The van der Waals surface area contributed by atoms with Crippen molar-refractivity contribution in [1.82, 2.24) is 14.8 Å². The first-order chi connectivity index (χ1) is 15.5. The average molecular weight is 448 g/mol. The molecule has 32 heavy (non-hydrogen) atoms. The fourth-order valence-corrected chi connectivity index (χ4v) is 4.23. The van der Waals surface area contributed by atoms with Gasteiger partial charge in [0, 0.05) is 11.8 Å². The number of anilines is 1. The molecular weight excluding hydrogens is 422 g/mol. The summed E-state index contributed by atoms with van der Waals surface area (Å²) < 4.78 is 7.11. The predicted octanol–water partition coefficient (Wildman–Crippen LogP) is 4.59. The SMILES string of the molecule is COc1cccc(N2C(=O)/C(=C/c3ccc(C(C)C)cc3)N=C2SCCn2cncn2)c1. The first kappa shape index (κ1) is 21.8. The molecule has 0 N–H and O–H groups in total. The number of thioether (sulfide) groups is 1. The minimum Gasteiger partial charge on any atom is -0.497 e. The smallest absolute Gasteiger partial charge is 0.283 e. The molecule has 0 aliphatic carbocycles. The Morgan fingerprint density at radius 1 is 1.16 bits per heavy atom. The number of methoxy groups -OCH3 is 1. The number of aromatic nitrogens is 3. The van der Waals surface area contributed by atoms with Gasteiger partial charge in [-0.2, -0.15) is 5.10 Å². The molecule has 7 nitrogen and oxygen atoms in total. The maximum absolute atomic E-state index is 13.3. The van der Waals surface area contributed by atoms with Crippen molar-refractivity contribution in [2.75, 3.05) is 17.8 Å². The van der Waals surface area contributed by atoms with Crippen molar-refractivity contribution in [2.24, 2.45) is 4.99 Å². The number of nitrogens with zero attached hydrogens (tertiary/aromatic N) is 5. The van der Waals surface area contributed by atoms with Crippen molar-refractivity contribution in [3.63, 3.8) is 0 Å². The zero-order valence-electron chi connectivity index (χ0n) is 18.3. The minimum atomic E-state index is -0.158. The highest BCUT2D eigenvalue weighted by Crippen LogP contribution is 2.31. The third-order valence-electron chi connectivity index (χ3n) is 5.07. The van der Waals surface area contributed by atoms with Crippen LogP contribution >= 0.6 is 11.8 Å². The number of hydrogen-bond donors (Lipinski definition) is 0. The number of carbonyl (C=O) groups excluding carboxylic acids is 1. The number of benzene rings is 2. The Balaban J connectivity index is 1.61. The molecule has 3 aromatic rings. The number of hydrogen-bond acceptors (Lipinski definition) is 6. The number of amidine groups is 1. The van der Waals surface area contributed by atoms with E-state index in [0.29, 0.717) is 34.8 Å². The number of ether oxygens (including phenoxy) is 1. The molecule has 8 heteroatoms. The lowest BCUT2D eigenvalue weighted by Gasteiger charge is -2.18. The lowest BCUT2D eigenvalue weighted by molar-refractivity contribution is -0.113. The predicted molar refractivity (Wildman–Crippen MR) is 129 cm³/mol. The van der Waals surface area contributed by atoms with E-state index in [2.05, 4.69) is 41.1 Å². The zero-order valence-corrected chi connectivity index (χ0v) is 19.1. The Hall–Kier alpha value is -3.39. The molecule has 1 amide bonds. The molecule has 1 aliphatic rings. The highest BCUT2D eigenvalue weighted by molar-refractivity contribution is 8.14. The maximum Gasteiger partial charge on any atom is 0.283 e. The minimum absolute atomic E-state index is 0.158. The van der Waals surface area contributed by atoms with Crippen molar-refractivity contribution >= 4 is 34.6 Å². The third kappa shape index (κ3) is 4.91. The second-order valence-electron chi connectivity index (χ2n) is 7.59. The Labute approximate surface area is 191 Å². The van der Waals surface area contributed by atoms with E-state index < -0.39 is 0 Å². The second kappa shape index (κ2) is 9.82. The van der Waals surface area contributed by atoms with Crippen molar-refractivity contribution in [3.8, 4) is 5.75 Å². The summed E-state index contributed by atoms with van der Waals surface area (Å²) in [6.07, 6.45) is 5.02. The van der Waals surface area contributed by atoms with Gasteiger partial charge in [0.1, 0.15) is 24.1 Å². The number of aliphatic imine (C=N–C) groups is 1. The zero-order chi connectivity index (χ0) is 22.5. The Bertz CT molecular complexity index is 1140. The van der Waals surface area contributed by atoms with E-state index >= 15 is 0 Å². The number of rotatable bonds is 7. The normalized spacial score (nSPS) is 15.0. The average Bonchev–Trinajstić information content (AvgIpc) is 3.42. The van der Waals surface area contributed by atoms with Crippen LogP contribution in [0.5, 0.6) is 5.75 Å². The quantitative estimate of drug-likeness (QED) is 0.496. The van der Waals surface area contributed by atoms with E-state index in [1.807, 2.05) is 42.5 Å². The van der Waals surface area contributed by atoms with Crippen LogP contribution in [0.25, 0.3) is 6.08 Å². The Kier molecular flexibility index (Phi) is 6.70. The van der Waals surface area contributed by atoms with Gasteiger partial charge >= 0.3 is 0 Å². The number of aryl methyl sites for hydroxylation is 1. The molecule has 0 bridgehead atoms. The molecule has 0 fully saturated rings. The first-order valence-electron chi connectivity index (χ1n) is 10.4. The van der Waals surface area contributed by atoms with Gasteiger partial charge in [0.05, 0.1) is 19.3 Å². The van der Waals surface area contributed by atoms with Crippen LogP contribution < -0.4 is 9.64 Å². The summed E-state index contributed by atoms with van der Waals surface area (Å²) in [4.78, 5) is 23.6. The van der Waals surface area contributed by atoms with Crippen molar-refractivity contribution in [1.29, 1.82) is 0 Å².